The van der Waals surface area contributed by atoms with Gasteiger partial charge in [0.05, 0.1) is 26.4 Å². The van der Waals surface area contributed by atoms with E-state index >= 15 is 0 Å². The van der Waals surface area contributed by atoms with E-state index in [0.717, 1.165) is 23.3 Å². The van der Waals surface area contributed by atoms with Crippen LogP contribution in [0.2, 0.25) is 0 Å². The Kier molecular flexibility index (Phi) is 11.5. The van der Waals surface area contributed by atoms with E-state index in [1.807, 2.05) is 46.8 Å². The van der Waals surface area contributed by atoms with Gasteiger partial charge < -0.3 is 28.4 Å². The second kappa shape index (κ2) is 14.6. The maximum absolute atomic E-state index is 11.9. The standard InChI is InChI=1S/C29H36O8/c1-8-19(20-15-17-22(36-24(30)9-2)28(34-13-6)26(20)32-11-4)21-16-18-23(37-25(31)10-3)29(35-14-7)27(21)33-12-5/h9-10,15-19H,2-3,8,11-14H2,1,4-7H3. The maximum atomic E-state index is 11.9. The number of benzene rings is 2. The van der Waals surface area contributed by atoms with Gasteiger partial charge in [-0.2, -0.15) is 0 Å². The van der Waals surface area contributed by atoms with Crippen LogP contribution >= 0.6 is 0 Å². The van der Waals surface area contributed by atoms with Crippen molar-refractivity contribution in [2.24, 2.45) is 0 Å². The molecule has 0 aromatic heterocycles. The molecule has 0 radical (unpaired) electrons. The smallest absolute Gasteiger partial charge is 0.335 e. The lowest BCUT2D eigenvalue weighted by Gasteiger charge is -2.26. The quantitative estimate of drug-likeness (QED) is 0.163. The molecule has 0 saturated heterocycles. The van der Waals surface area contributed by atoms with Crippen LogP contribution in [0.5, 0.6) is 34.5 Å². The van der Waals surface area contributed by atoms with Crippen LogP contribution in [0, 0.1) is 0 Å². The van der Waals surface area contributed by atoms with Gasteiger partial charge in [0.15, 0.2) is 23.0 Å². The molecule has 0 saturated carbocycles. The molecule has 0 amide bonds. The molecule has 2 aromatic carbocycles. The van der Waals surface area contributed by atoms with Crippen molar-refractivity contribution in [3.63, 3.8) is 0 Å². The number of esters is 2. The second-order valence-corrected chi connectivity index (χ2v) is 7.57. The van der Waals surface area contributed by atoms with E-state index < -0.39 is 11.9 Å². The Morgan fingerprint density at radius 2 is 1.00 bits per heavy atom. The minimum atomic E-state index is -0.604. The van der Waals surface area contributed by atoms with E-state index in [9.17, 15) is 9.59 Å². The van der Waals surface area contributed by atoms with Crippen molar-refractivity contribution in [2.45, 2.75) is 47.0 Å². The second-order valence-electron chi connectivity index (χ2n) is 7.57. The SMILES string of the molecule is C=CC(=O)Oc1ccc(C(CC)c2ccc(OC(=O)C=C)c(OCC)c2OCC)c(OCC)c1OCC. The van der Waals surface area contributed by atoms with Crippen LogP contribution in [-0.2, 0) is 9.59 Å². The summed E-state index contributed by atoms with van der Waals surface area (Å²) in [7, 11) is 0. The van der Waals surface area contributed by atoms with E-state index in [0.29, 0.717) is 55.8 Å². The normalized spacial score (nSPS) is 10.4. The number of hydrogen-bond donors (Lipinski definition) is 0. The lowest BCUT2D eigenvalue weighted by Crippen LogP contribution is -2.12. The van der Waals surface area contributed by atoms with Crippen molar-refractivity contribution in [3.05, 3.63) is 60.7 Å². The zero-order chi connectivity index (χ0) is 27.4. The molecule has 0 fully saturated rings. The third-order valence-corrected chi connectivity index (χ3v) is 5.28. The van der Waals surface area contributed by atoms with Gasteiger partial charge in [-0.1, -0.05) is 32.2 Å². The zero-order valence-electron chi connectivity index (χ0n) is 22.3. The van der Waals surface area contributed by atoms with Gasteiger partial charge in [0, 0.05) is 29.2 Å². The molecular weight excluding hydrogens is 476 g/mol. The summed E-state index contributed by atoms with van der Waals surface area (Å²) >= 11 is 0. The highest BCUT2D eigenvalue weighted by molar-refractivity contribution is 5.85. The summed E-state index contributed by atoms with van der Waals surface area (Å²) in [5.74, 6) is 0.628. The lowest BCUT2D eigenvalue weighted by atomic mass is 9.87. The Balaban J connectivity index is 2.79. The molecule has 0 N–H and O–H groups in total. The van der Waals surface area contributed by atoms with Crippen molar-refractivity contribution >= 4 is 11.9 Å². The van der Waals surface area contributed by atoms with Crippen LogP contribution in [0.4, 0.5) is 0 Å². The zero-order valence-corrected chi connectivity index (χ0v) is 22.3. The minimum Gasteiger partial charge on any atom is -0.490 e. The van der Waals surface area contributed by atoms with Gasteiger partial charge in [0.2, 0.25) is 11.5 Å². The van der Waals surface area contributed by atoms with Gasteiger partial charge in [-0.3, -0.25) is 0 Å². The monoisotopic (exact) mass is 512 g/mol. The Morgan fingerprint density at radius 1 is 0.649 bits per heavy atom. The molecule has 8 nitrogen and oxygen atoms in total. The summed E-state index contributed by atoms with van der Waals surface area (Å²) in [6, 6.07) is 7.04. The summed E-state index contributed by atoms with van der Waals surface area (Å²) < 4.78 is 34.7. The third-order valence-electron chi connectivity index (χ3n) is 5.28. The van der Waals surface area contributed by atoms with Crippen LogP contribution < -0.4 is 28.4 Å². The highest BCUT2D eigenvalue weighted by Crippen LogP contribution is 2.50. The van der Waals surface area contributed by atoms with Crippen LogP contribution in [0.15, 0.2) is 49.6 Å². The van der Waals surface area contributed by atoms with Crippen molar-refractivity contribution in [1.29, 1.82) is 0 Å². The summed E-state index contributed by atoms with van der Waals surface area (Å²) in [5, 5.41) is 0. The van der Waals surface area contributed by atoms with E-state index in [1.165, 1.54) is 0 Å². The third kappa shape index (κ3) is 7.06. The van der Waals surface area contributed by atoms with Crippen LogP contribution in [-0.4, -0.2) is 38.4 Å². The fourth-order valence-electron chi connectivity index (χ4n) is 3.89. The Morgan fingerprint density at radius 3 is 1.30 bits per heavy atom. The molecular formula is C29H36O8. The average Bonchev–Trinajstić information content (AvgIpc) is 2.90. The fourth-order valence-corrected chi connectivity index (χ4v) is 3.89. The predicted octanol–water partition coefficient (Wildman–Crippen LogP) is 6.01. The first kappa shape index (κ1) is 29.3. The summed E-state index contributed by atoms with van der Waals surface area (Å²) in [4.78, 5) is 23.9. The molecule has 0 aliphatic heterocycles. The Bertz CT molecular complexity index is 1020. The first-order chi connectivity index (χ1) is 17.9. The molecule has 0 atom stereocenters. The van der Waals surface area contributed by atoms with Crippen molar-refractivity contribution < 1.29 is 38.0 Å². The van der Waals surface area contributed by atoms with Crippen molar-refractivity contribution in [1.82, 2.24) is 0 Å². The molecule has 0 spiro atoms. The molecule has 0 bridgehead atoms. The van der Waals surface area contributed by atoms with Crippen molar-refractivity contribution in [3.8, 4) is 34.5 Å². The predicted molar refractivity (Wildman–Crippen MR) is 141 cm³/mol. The van der Waals surface area contributed by atoms with E-state index in [-0.39, 0.29) is 17.4 Å². The summed E-state index contributed by atoms with van der Waals surface area (Å²) in [6.45, 7) is 17.8. The highest BCUT2D eigenvalue weighted by atomic mass is 16.6. The van der Waals surface area contributed by atoms with Gasteiger partial charge in [0.25, 0.3) is 0 Å². The average molecular weight is 513 g/mol. The lowest BCUT2D eigenvalue weighted by molar-refractivity contribution is -0.130. The van der Waals surface area contributed by atoms with Crippen LogP contribution in [0.25, 0.3) is 0 Å². The number of carbonyl (C=O) groups is 2. The van der Waals surface area contributed by atoms with E-state index in [2.05, 4.69) is 13.2 Å². The fraction of sp³-hybridized carbons (Fsp3) is 0.379. The molecule has 0 aliphatic carbocycles. The van der Waals surface area contributed by atoms with E-state index in [1.54, 1.807) is 12.1 Å². The molecule has 2 rings (SSSR count). The molecule has 37 heavy (non-hydrogen) atoms. The van der Waals surface area contributed by atoms with Crippen molar-refractivity contribution in [2.75, 3.05) is 26.4 Å². The molecule has 0 unspecified atom stereocenters. The summed E-state index contributed by atoms with van der Waals surface area (Å²) in [5.41, 5.74) is 1.62. The van der Waals surface area contributed by atoms with Gasteiger partial charge in [-0.05, 0) is 46.2 Å². The Hall–Kier alpha value is -3.94. The molecule has 8 heteroatoms. The van der Waals surface area contributed by atoms with Gasteiger partial charge in [-0.25, -0.2) is 9.59 Å². The highest BCUT2D eigenvalue weighted by Gasteiger charge is 2.29. The number of ether oxygens (including phenoxy) is 6. The molecule has 2 aromatic rings. The van der Waals surface area contributed by atoms with Crippen LogP contribution in [0.1, 0.15) is 58.1 Å². The molecule has 200 valence electrons. The van der Waals surface area contributed by atoms with Crippen LogP contribution in [0.3, 0.4) is 0 Å². The van der Waals surface area contributed by atoms with Gasteiger partial charge in [-0.15, -0.1) is 0 Å². The Labute approximate surface area is 218 Å². The topological polar surface area (TPSA) is 89.5 Å². The maximum Gasteiger partial charge on any atom is 0.335 e. The molecule has 0 aliphatic rings. The number of hydrogen-bond acceptors (Lipinski definition) is 8. The first-order valence-electron chi connectivity index (χ1n) is 12.4. The first-order valence-corrected chi connectivity index (χ1v) is 12.4. The van der Waals surface area contributed by atoms with E-state index in [4.69, 9.17) is 28.4 Å². The number of carbonyl (C=O) groups excluding carboxylic acids is 2. The minimum absolute atomic E-state index is 0.227. The largest absolute Gasteiger partial charge is 0.490 e. The summed E-state index contributed by atoms with van der Waals surface area (Å²) in [6.07, 6.45) is 2.83. The molecule has 0 heterocycles. The van der Waals surface area contributed by atoms with Gasteiger partial charge >= 0.3 is 11.9 Å². The van der Waals surface area contributed by atoms with Gasteiger partial charge in [0.1, 0.15) is 0 Å². The number of rotatable bonds is 15.